The number of hydrogen-bond acceptors (Lipinski definition) is 3. The van der Waals surface area contributed by atoms with Crippen molar-refractivity contribution in [1.29, 1.82) is 0 Å². The topological polar surface area (TPSA) is 15.3 Å². The first-order valence-corrected chi connectivity index (χ1v) is 7.94. The largest absolute Gasteiger partial charge is 0.310 e. The molecule has 17 heavy (non-hydrogen) atoms. The van der Waals surface area contributed by atoms with Crippen LogP contribution in [0.5, 0.6) is 0 Å². The Morgan fingerprint density at radius 1 is 1.53 bits per heavy atom. The van der Waals surface area contributed by atoms with E-state index in [0.29, 0.717) is 0 Å². The highest BCUT2D eigenvalue weighted by atomic mass is 79.9. The zero-order chi connectivity index (χ0) is 12.3. The van der Waals surface area contributed by atoms with Crippen molar-refractivity contribution in [2.24, 2.45) is 0 Å². The number of rotatable bonds is 3. The molecule has 1 atom stereocenters. The fourth-order valence-electron chi connectivity index (χ4n) is 2.35. The predicted molar refractivity (Wildman–Crippen MR) is 78.6 cm³/mol. The van der Waals surface area contributed by atoms with E-state index in [2.05, 4.69) is 52.1 Å². The van der Waals surface area contributed by atoms with E-state index >= 15 is 0 Å². The maximum absolute atomic E-state index is 3.68. The molecule has 0 spiro atoms. The highest BCUT2D eigenvalue weighted by Gasteiger charge is 2.27. The molecule has 0 amide bonds. The molecule has 96 valence electrons. The Labute approximate surface area is 117 Å². The van der Waals surface area contributed by atoms with Crippen molar-refractivity contribution in [1.82, 2.24) is 10.2 Å². The van der Waals surface area contributed by atoms with Gasteiger partial charge in [0.1, 0.15) is 0 Å². The minimum absolute atomic E-state index is 0.283. The van der Waals surface area contributed by atoms with Crippen LogP contribution in [0, 0.1) is 0 Å². The lowest BCUT2D eigenvalue weighted by Gasteiger charge is -2.32. The fraction of sp³-hybridized carbons (Fsp3) is 0.692. The van der Waals surface area contributed by atoms with E-state index in [0.717, 1.165) is 19.6 Å². The highest BCUT2D eigenvalue weighted by Crippen LogP contribution is 2.24. The Morgan fingerprint density at radius 3 is 3.00 bits per heavy atom. The summed E-state index contributed by atoms with van der Waals surface area (Å²) in [5.41, 5.74) is 0.283. The number of nitrogens with zero attached hydrogens (tertiary/aromatic N) is 1. The zero-order valence-corrected chi connectivity index (χ0v) is 13.0. The third kappa shape index (κ3) is 3.78. The van der Waals surface area contributed by atoms with Gasteiger partial charge < -0.3 is 5.32 Å². The van der Waals surface area contributed by atoms with Crippen molar-refractivity contribution < 1.29 is 0 Å². The van der Waals surface area contributed by atoms with Crippen LogP contribution in [0.15, 0.2) is 15.9 Å². The lowest BCUT2D eigenvalue weighted by atomic mass is 9.98. The van der Waals surface area contributed by atoms with Crippen LogP contribution in [-0.2, 0) is 6.54 Å². The van der Waals surface area contributed by atoms with E-state index in [-0.39, 0.29) is 5.54 Å². The summed E-state index contributed by atoms with van der Waals surface area (Å²) < 4.78 is 1.23. The van der Waals surface area contributed by atoms with E-state index in [4.69, 9.17) is 0 Å². The van der Waals surface area contributed by atoms with Crippen LogP contribution >= 0.6 is 27.3 Å². The summed E-state index contributed by atoms with van der Waals surface area (Å²) in [4.78, 5) is 4.04. The molecule has 2 nitrogen and oxygen atoms in total. The summed E-state index contributed by atoms with van der Waals surface area (Å²) in [7, 11) is 0. The van der Waals surface area contributed by atoms with Gasteiger partial charge in [-0.1, -0.05) is 6.92 Å². The molecule has 0 aromatic carbocycles. The van der Waals surface area contributed by atoms with E-state index < -0.39 is 0 Å². The highest BCUT2D eigenvalue weighted by molar-refractivity contribution is 9.11. The fourth-order valence-corrected chi connectivity index (χ4v) is 3.88. The van der Waals surface area contributed by atoms with Gasteiger partial charge in [-0.05, 0) is 60.9 Å². The Balaban J connectivity index is 1.99. The van der Waals surface area contributed by atoms with Crippen LogP contribution in [0.2, 0.25) is 0 Å². The smallest absolute Gasteiger partial charge is 0.0701 e. The Kier molecular flexibility index (Phi) is 4.64. The summed E-state index contributed by atoms with van der Waals surface area (Å²) in [5.74, 6) is 0. The quantitative estimate of drug-likeness (QED) is 0.918. The molecule has 1 unspecified atom stereocenters. The maximum Gasteiger partial charge on any atom is 0.0701 e. The van der Waals surface area contributed by atoms with Crippen LogP contribution in [-0.4, -0.2) is 30.1 Å². The lowest BCUT2D eigenvalue weighted by Crippen LogP contribution is -2.48. The summed E-state index contributed by atoms with van der Waals surface area (Å²) in [5, 5.41) is 3.68. The molecule has 1 aromatic heterocycles. The van der Waals surface area contributed by atoms with Crippen molar-refractivity contribution in [3.05, 3.63) is 20.8 Å². The van der Waals surface area contributed by atoms with Crippen molar-refractivity contribution in [3.8, 4) is 0 Å². The monoisotopic (exact) mass is 316 g/mol. The van der Waals surface area contributed by atoms with Crippen molar-refractivity contribution in [2.45, 2.75) is 38.8 Å². The predicted octanol–water partition coefficient (Wildman–Crippen LogP) is 3.47. The molecule has 1 aromatic rings. The van der Waals surface area contributed by atoms with Gasteiger partial charge in [0.2, 0.25) is 0 Å². The van der Waals surface area contributed by atoms with Crippen LogP contribution < -0.4 is 5.32 Å². The molecule has 1 aliphatic heterocycles. The van der Waals surface area contributed by atoms with Gasteiger partial charge in [0.25, 0.3) is 0 Å². The van der Waals surface area contributed by atoms with Crippen LogP contribution in [0.3, 0.4) is 0 Å². The molecule has 1 N–H and O–H groups in total. The summed E-state index contributed by atoms with van der Waals surface area (Å²) >= 11 is 5.39. The second-order valence-electron chi connectivity index (χ2n) is 5.11. The molecule has 0 radical (unpaired) electrons. The van der Waals surface area contributed by atoms with E-state index in [1.54, 1.807) is 0 Å². The summed E-state index contributed by atoms with van der Waals surface area (Å²) in [6, 6.07) is 4.38. The van der Waals surface area contributed by atoms with Gasteiger partial charge in [-0.15, -0.1) is 11.3 Å². The van der Waals surface area contributed by atoms with Crippen molar-refractivity contribution in [2.75, 3.05) is 19.6 Å². The molecule has 0 saturated carbocycles. The summed E-state index contributed by atoms with van der Waals surface area (Å²) in [6.07, 6.45) is 2.44. The zero-order valence-electron chi connectivity index (χ0n) is 10.6. The van der Waals surface area contributed by atoms with Crippen molar-refractivity contribution >= 4 is 27.3 Å². The molecular weight excluding hydrogens is 296 g/mol. The minimum Gasteiger partial charge on any atom is -0.310 e. The van der Waals surface area contributed by atoms with E-state index in [1.807, 2.05) is 11.3 Å². The molecule has 0 bridgehead atoms. The first kappa shape index (κ1) is 13.5. The van der Waals surface area contributed by atoms with Gasteiger partial charge in [0.15, 0.2) is 0 Å². The SMILES string of the molecule is CCC1(C)CN(Cc2ccc(Br)s2)CCCN1. The maximum atomic E-state index is 3.68. The second-order valence-corrected chi connectivity index (χ2v) is 7.66. The van der Waals surface area contributed by atoms with Crippen LogP contribution in [0.1, 0.15) is 31.6 Å². The van der Waals surface area contributed by atoms with Crippen LogP contribution in [0.25, 0.3) is 0 Å². The molecule has 2 heterocycles. The standard InChI is InChI=1S/C13H21BrN2S/c1-3-13(2)10-16(8-4-7-15-13)9-11-5-6-12(14)17-11/h5-6,15H,3-4,7-10H2,1-2H3. The minimum atomic E-state index is 0.283. The van der Waals surface area contributed by atoms with Gasteiger partial charge in [0, 0.05) is 23.5 Å². The molecule has 0 aliphatic carbocycles. The van der Waals surface area contributed by atoms with Gasteiger partial charge >= 0.3 is 0 Å². The van der Waals surface area contributed by atoms with Crippen molar-refractivity contribution in [3.63, 3.8) is 0 Å². The number of halogens is 1. The third-order valence-electron chi connectivity index (χ3n) is 3.56. The van der Waals surface area contributed by atoms with E-state index in [9.17, 15) is 0 Å². The molecule has 1 fully saturated rings. The average Bonchev–Trinajstić information content (AvgIpc) is 2.59. The second kappa shape index (κ2) is 5.83. The third-order valence-corrected chi connectivity index (χ3v) is 5.17. The Bertz CT molecular complexity index is 366. The molecule has 4 heteroatoms. The van der Waals surface area contributed by atoms with Gasteiger partial charge in [-0.3, -0.25) is 4.90 Å². The Morgan fingerprint density at radius 2 is 2.35 bits per heavy atom. The number of thiophene rings is 1. The van der Waals surface area contributed by atoms with E-state index in [1.165, 1.54) is 28.0 Å². The average molecular weight is 317 g/mol. The molecular formula is C13H21BrN2S. The summed E-state index contributed by atoms with van der Waals surface area (Å²) in [6.45, 7) is 9.22. The first-order valence-electron chi connectivity index (χ1n) is 6.33. The Hall–Kier alpha value is 0.1000. The number of hydrogen-bond donors (Lipinski definition) is 1. The molecule has 1 aliphatic rings. The molecule has 2 rings (SSSR count). The van der Waals surface area contributed by atoms with Gasteiger partial charge in [0.05, 0.1) is 3.79 Å². The van der Waals surface area contributed by atoms with Gasteiger partial charge in [-0.2, -0.15) is 0 Å². The normalized spacial score (nSPS) is 27.0. The first-order chi connectivity index (χ1) is 8.11. The number of nitrogens with one attached hydrogen (secondary N) is 1. The van der Waals surface area contributed by atoms with Gasteiger partial charge in [-0.25, -0.2) is 0 Å². The molecule has 1 saturated heterocycles. The van der Waals surface area contributed by atoms with Crippen LogP contribution in [0.4, 0.5) is 0 Å². The lowest BCUT2D eigenvalue weighted by molar-refractivity contribution is 0.210.